The fourth-order valence-corrected chi connectivity index (χ4v) is 3.18. The van der Waals surface area contributed by atoms with Crippen LogP contribution in [0.2, 0.25) is 5.02 Å². The van der Waals surface area contributed by atoms with E-state index in [2.05, 4.69) is 9.72 Å². The summed E-state index contributed by atoms with van der Waals surface area (Å²) >= 11 is 7.22. The lowest BCUT2D eigenvalue weighted by Gasteiger charge is -2.05. The Hall–Kier alpha value is -2.18. The van der Waals surface area contributed by atoms with Crippen molar-refractivity contribution in [3.8, 4) is 0 Å². The van der Waals surface area contributed by atoms with Gasteiger partial charge in [-0.25, -0.2) is 9.78 Å². The summed E-state index contributed by atoms with van der Waals surface area (Å²) in [5.74, 6) is -0.382. The highest BCUT2D eigenvalue weighted by Crippen LogP contribution is 2.19. The molecule has 0 N–H and O–H groups in total. The molecule has 112 valence electrons. The summed E-state index contributed by atoms with van der Waals surface area (Å²) in [6, 6.07) is 8.50. The van der Waals surface area contributed by atoms with Crippen LogP contribution >= 0.6 is 22.9 Å². The summed E-state index contributed by atoms with van der Waals surface area (Å²) in [7, 11) is 1.34. The van der Waals surface area contributed by atoms with E-state index < -0.39 is 0 Å². The Morgan fingerprint density at radius 1 is 1.36 bits per heavy atom. The molecule has 0 radical (unpaired) electrons. The SMILES string of the molecule is COC(=O)c1ccc(Cn2cnc3ccc(Cl)cc3c2=O)s1. The quantitative estimate of drug-likeness (QED) is 0.691. The van der Waals surface area contributed by atoms with Crippen molar-refractivity contribution in [2.45, 2.75) is 6.54 Å². The van der Waals surface area contributed by atoms with Gasteiger partial charge in [0.15, 0.2) is 0 Å². The van der Waals surface area contributed by atoms with Gasteiger partial charge in [0.25, 0.3) is 5.56 Å². The monoisotopic (exact) mass is 334 g/mol. The molecule has 0 amide bonds. The first-order chi connectivity index (χ1) is 10.6. The second kappa shape index (κ2) is 5.90. The minimum atomic E-state index is -0.382. The van der Waals surface area contributed by atoms with Crippen molar-refractivity contribution in [2.75, 3.05) is 7.11 Å². The molecule has 22 heavy (non-hydrogen) atoms. The fraction of sp³-hybridized carbons (Fsp3) is 0.133. The van der Waals surface area contributed by atoms with Crippen molar-refractivity contribution in [3.05, 3.63) is 61.8 Å². The van der Waals surface area contributed by atoms with Crippen molar-refractivity contribution < 1.29 is 9.53 Å². The van der Waals surface area contributed by atoms with E-state index in [1.807, 2.05) is 0 Å². The molecule has 0 fully saturated rings. The topological polar surface area (TPSA) is 61.2 Å². The zero-order valence-electron chi connectivity index (χ0n) is 11.6. The molecule has 2 heterocycles. The molecular formula is C15H11ClN2O3S. The Morgan fingerprint density at radius 3 is 2.95 bits per heavy atom. The van der Waals surface area contributed by atoms with Crippen molar-refractivity contribution in [1.29, 1.82) is 0 Å². The smallest absolute Gasteiger partial charge is 0.348 e. The summed E-state index contributed by atoms with van der Waals surface area (Å²) in [6.45, 7) is 0.343. The van der Waals surface area contributed by atoms with Gasteiger partial charge < -0.3 is 4.74 Å². The molecule has 0 spiro atoms. The molecule has 2 aromatic heterocycles. The van der Waals surface area contributed by atoms with Gasteiger partial charge in [0.1, 0.15) is 4.88 Å². The van der Waals surface area contributed by atoms with E-state index >= 15 is 0 Å². The molecule has 0 saturated heterocycles. The molecule has 0 aliphatic heterocycles. The number of thiophene rings is 1. The van der Waals surface area contributed by atoms with E-state index in [1.54, 1.807) is 30.3 Å². The van der Waals surface area contributed by atoms with Gasteiger partial charge in [-0.05, 0) is 30.3 Å². The molecule has 0 bridgehead atoms. The number of carbonyl (C=O) groups excluding carboxylic acids is 1. The number of benzene rings is 1. The maximum Gasteiger partial charge on any atom is 0.348 e. The van der Waals surface area contributed by atoms with Gasteiger partial charge in [-0.3, -0.25) is 9.36 Å². The second-order valence-electron chi connectivity index (χ2n) is 4.60. The zero-order chi connectivity index (χ0) is 15.7. The van der Waals surface area contributed by atoms with Crippen LogP contribution in [0.25, 0.3) is 10.9 Å². The Morgan fingerprint density at radius 2 is 2.18 bits per heavy atom. The van der Waals surface area contributed by atoms with Crippen LogP contribution < -0.4 is 5.56 Å². The molecule has 5 nitrogen and oxygen atoms in total. The van der Waals surface area contributed by atoms with Crippen LogP contribution in [-0.2, 0) is 11.3 Å². The molecule has 1 aromatic carbocycles. The average Bonchev–Trinajstić information content (AvgIpc) is 2.98. The summed E-state index contributed by atoms with van der Waals surface area (Å²) < 4.78 is 6.16. The minimum Gasteiger partial charge on any atom is -0.465 e. The first-order valence-electron chi connectivity index (χ1n) is 6.40. The molecule has 0 atom stereocenters. The van der Waals surface area contributed by atoms with E-state index in [9.17, 15) is 9.59 Å². The zero-order valence-corrected chi connectivity index (χ0v) is 13.1. The van der Waals surface area contributed by atoms with E-state index in [0.717, 1.165) is 4.88 Å². The number of fused-ring (bicyclic) bond motifs is 1. The molecular weight excluding hydrogens is 324 g/mol. The van der Waals surface area contributed by atoms with Crippen molar-refractivity contribution >= 4 is 39.8 Å². The predicted molar refractivity (Wildman–Crippen MR) is 85.8 cm³/mol. The maximum atomic E-state index is 12.5. The molecule has 0 unspecified atom stereocenters. The van der Waals surface area contributed by atoms with Crippen LogP contribution in [0.1, 0.15) is 14.5 Å². The third-order valence-corrected chi connectivity index (χ3v) is 4.45. The van der Waals surface area contributed by atoms with Crippen LogP contribution in [0.5, 0.6) is 0 Å². The third-order valence-electron chi connectivity index (χ3n) is 3.16. The van der Waals surface area contributed by atoms with E-state index in [-0.39, 0.29) is 11.5 Å². The average molecular weight is 335 g/mol. The van der Waals surface area contributed by atoms with Crippen LogP contribution in [0.15, 0.2) is 41.5 Å². The second-order valence-corrected chi connectivity index (χ2v) is 6.20. The van der Waals surface area contributed by atoms with Gasteiger partial charge in [-0.2, -0.15) is 0 Å². The normalized spacial score (nSPS) is 10.8. The minimum absolute atomic E-state index is 0.166. The Bertz CT molecular complexity index is 917. The Balaban J connectivity index is 1.97. The molecule has 0 aliphatic carbocycles. The van der Waals surface area contributed by atoms with E-state index in [0.29, 0.717) is 27.3 Å². The number of methoxy groups -OCH3 is 1. The highest BCUT2D eigenvalue weighted by atomic mass is 35.5. The van der Waals surface area contributed by atoms with Crippen LogP contribution in [0.4, 0.5) is 0 Å². The molecule has 3 aromatic rings. The molecule has 7 heteroatoms. The summed E-state index contributed by atoms with van der Waals surface area (Å²) in [5.41, 5.74) is 0.438. The molecule has 3 rings (SSSR count). The van der Waals surface area contributed by atoms with E-state index in [1.165, 1.54) is 29.3 Å². The van der Waals surface area contributed by atoms with Gasteiger partial charge in [0, 0.05) is 9.90 Å². The van der Waals surface area contributed by atoms with Gasteiger partial charge >= 0.3 is 5.97 Å². The highest BCUT2D eigenvalue weighted by Gasteiger charge is 2.11. The Labute approximate surface area is 134 Å². The van der Waals surface area contributed by atoms with Crippen LogP contribution in [0.3, 0.4) is 0 Å². The lowest BCUT2D eigenvalue weighted by molar-refractivity contribution is 0.0606. The van der Waals surface area contributed by atoms with Gasteiger partial charge in [0.05, 0.1) is 30.9 Å². The van der Waals surface area contributed by atoms with Crippen molar-refractivity contribution in [1.82, 2.24) is 9.55 Å². The lowest BCUT2D eigenvalue weighted by Crippen LogP contribution is -2.20. The summed E-state index contributed by atoms with van der Waals surface area (Å²) in [4.78, 5) is 29.5. The summed E-state index contributed by atoms with van der Waals surface area (Å²) in [6.07, 6.45) is 1.50. The number of carbonyl (C=O) groups is 1. The van der Waals surface area contributed by atoms with Crippen LogP contribution in [0, 0.1) is 0 Å². The number of nitrogens with zero attached hydrogens (tertiary/aromatic N) is 2. The number of hydrogen-bond acceptors (Lipinski definition) is 5. The number of ether oxygens (including phenoxy) is 1. The van der Waals surface area contributed by atoms with Crippen molar-refractivity contribution in [3.63, 3.8) is 0 Å². The lowest BCUT2D eigenvalue weighted by atomic mass is 10.2. The predicted octanol–water partition coefficient (Wildman–Crippen LogP) is 2.95. The van der Waals surface area contributed by atoms with Gasteiger partial charge in [-0.15, -0.1) is 11.3 Å². The maximum absolute atomic E-state index is 12.5. The molecule has 0 saturated carbocycles. The summed E-state index contributed by atoms with van der Waals surface area (Å²) in [5, 5.41) is 0.966. The van der Waals surface area contributed by atoms with Gasteiger partial charge in [0.2, 0.25) is 0 Å². The number of halogens is 1. The van der Waals surface area contributed by atoms with Gasteiger partial charge in [-0.1, -0.05) is 11.6 Å². The molecule has 0 aliphatic rings. The van der Waals surface area contributed by atoms with E-state index in [4.69, 9.17) is 11.6 Å². The first-order valence-corrected chi connectivity index (χ1v) is 7.59. The standard InChI is InChI=1S/C15H11ClN2O3S/c1-21-15(20)13-5-3-10(22-13)7-18-8-17-12-4-2-9(16)6-11(12)14(18)19/h2-6,8H,7H2,1H3. The van der Waals surface area contributed by atoms with Crippen LogP contribution in [-0.4, -0.2) is 22.6 Å². The number of esters is 1. The first kappa shape index (κ1) is 14.7. The third kappa shape index (κ3) is 2.75. The number of aromatic nitrogens is 2. The number of hydrogen-bond donors (Lipinski definition) is 0. The fourth-order valence-electron chi connectivity index (χ4n) is 2.08. The highest BCUT2D eigenvalue weighted by molar-refractivity contribution is 7.13. The number of rotatable bonds is 3. The van der Waals surface area contributed by atoms with Crippen molar-refractivity contribution in [2.24, 2.45) is 0 Å². The Kier molecular flexibility index (Phi) is 3.96. The largest absolute Gasteiger partial charge is 0.465 e.